The summed E-state index contributed by atoms with van der Waals surface area (Å²) >= 11 is 0. The van der Waals surface area contributed by atoms with E-state index in [1.54, 1.807) is 61.5 Å². The van der Waals surface area contributed by atoms with Crippen molar-refractivity contribution < 1.29 is 32.3 Å². The van der Waals surface area contributed by atoms with E-state index in [1.165, 1.54) is 31.2 Å². The summed E-state index contributed by atoms with van der Waals surface area (Å²) in [7, 11) is -4.10. The Kier molecular flexibility index (Phi) is 6.52. The predicted octanol–water partition coefficient (Wildman–Crippen LogP) is 4.04. The van der Waals surface area contributed by atoms with Gasteiger partial charge in [-0.25, -0.2) is 13.2 Å². The first-order valence-electron chi connectivity index (χ1n) is 10.7. The molecule has 0 radical (unpaired) electrons. The molecule has 4 rings (SSSR count). The van der Waals surface area contributed by atoms with Gasteiger partial charge in [-0.15, -0.1) is 0 Å². The molecule has 0 unspecified atom stereocenters. The van der Waals surface area contributed by atoms with E-state index in [1.807, 2.05) is 0 Å². The molecule has 0 spiro atoms. The quantitative estimate of drug-likeness (QED) is 0.291. The number of esters is 2. The van der Waals surface area contributed by atoms with Crippen LogP contribution in [0.15, 0.2) is 89.5 Å². The molecule has 0 bridgehead atoms. The van der Waals surface area contributed by atoms with Crippen molar-refractivity contribution >= 4 is 33.5 Å². The molecule has 3 aromatic rings. The maximum Gasteiger partial charge on any atom is 0.347 e. The van der Waals surface area contributed by atoms with Crippen molar-refractivity contribution in [3.8, 4) is 5.75 Å². The number of carbonyl (C=O) groups excluding carboxylic acids is 3. The number of allylic oxidation sites excluding steroid dienone is 1. The monoisotopic (exact) mass is 491 g/mol. The second kappa shape index (κ2) is 9.55. The lowest BCUT2D eigenvalue weighted by molar-refractivity contribution is -0.131. The lowest BCUT2D eigenvalue weighted by atomic mass is 10.0. The van der Waals surface area contributed by atoms with Gasteiger partial charge in [0, 0.05) is 24.6 Å². The Morgan fingerprint density at radius 3 is 2.14 bits per heavy atom. The van der Waals surface area contributed by atoms with Crippen molar-refractivity contribution in [2.24, 2.45) is 0 Å². The van der Waals surface area contributed by atoms with Crippen LogP contribution in [0.3, 0.4) is 0 Å². The normalized spacial score (nSPS) is 14.2. The van der Waals surface area contributed by atoms with Crippen LogP contribution in [0.4, 0.5) is 0 Å². The molecule has 0 fully saturated rings. The largest absolute Gasteiger partial charge is 0.426 e. The Morgan fingerprint density at radius 2 is 1.46 bits per heavy atom. The summed E-state index contributed by atoms with van der Waals surface area (Å²) in [5, 5.41) is 0. The van der Waals surface area contributed by atoms with E-state index in [4.69, 9.17) is 9.47 Å². The molecule has 0 atom stereocenters. The highest BCUT2D eigenvalue weighted by Crippen LogP contribution is 2.39. The van der Waals surface area contributed by atoms with Crippen molar-refractivity contribution in [3.63, 3.8) is 0 Å². The summed E-state index contributed by atoms with van der Waals surface area (Å²) in [6, 6.07) is 20.1. The molecule has 0 N–H and O–H groups in total. The van der Waals surface area contributed by atoms with Crippen molar-refractivity contribution in [2.45, 2.75) is 18.7 Å². The van der Waals surface area contributed by atoms with Crippen LogP contribution in [-0.4, -0.2) is 37.0 Å². The molecular weight excluding hydrogens is 470 g/mol. The molecule has 0 saturated carbocycles. The SMILES string of the molecule is CCN1C(C(=O)c2ccccc2)=C(OC(=O)c2ccccc2OC(C)=O)c2ccccc2S1(=O)=O. The summed E-state index contributed by atoms with van der Waals surface area (Å²) in [5.41, 5.74) is -0.0365. The van der Waals surface area contributed by atoms with E-state index in [2.05, 4.69) is 0 Å². The van der Waals surface area contributed by atoms with Gasteiger partial charge in [-0.2, -0.15) is 0 Å². The van der Waals surface area contributed by atoms with Gasteiger partial charge in [0.2, 0.25) is 5.78 Å². The number of hydrogen-bond acceptors (Lipinski definition) is 7. The number of likely N-dealkylation sites (N-methyl/N-ethyl adjacent to an activating group) is 1. The Balaban J connectivity index is 1.93. The molecule has 8 nitrogen and oxygen atoms in total. The Bertz CT molecular complexity index is 1460. The van der Waals surface area contributed by atoms with E-state index < -0.39 is 27.7 Å². The fraction of sp³-hybridized carbons (Fsp3) is 0.115. The van der Waals surface area contributed by atoms with Crippen LogP contribution in [0.5, 0.6) is 5.75 Å². The fourth-order valence-corrected chi connectivity index (χ4v) is 5.43. The molecule has 35 heavy (non-hydrogen) atoms. The minimum absolute atomic E-state index is 0.0226. The molecule has 0 amide bonds. The van der Waals surface area contributed by atoms with Crippen LogP contribution < -0.4 is 4.74 Å². The molecular formula is C26H21NO7S. The number of rotatable bonds is 6. The van der Waals surface area contributed by atoms with E-state index in [0.717, 1.165) is 4.31 Å². The summed E-state index contributed by atoms with van der Waals surface area (Å²) in [6.45, 7) is 2.71. The second-order valence-electron chi connectivity index (χ2n) is 7.52. The van der Waals surface area contributed by atoms with Crippen LogP contribution in [0.25, 0.3) is 5.76 Å². The second-order valence-corrected chi connectivity index (χ2v) is 9.35. The number of carbonyl (C=O) groups is 3. The Morgan fingerprint density at radius 1 is 0.829 bits per heavy atom. The van der Waals surface area contributed by atoms with Crippen molar-refractivity contribution in [1.29, 1.82) is 0 Å². The van der Waals surface area contributed by atoms with E-state index in [9.17, 15) is 22.8 Å². The molecule has 0 aromatic heterocycles. The van der Waals surface area contributed by atoms with Crippen LogP contribution in [0, 0.1) is 0 Å². The molecule has 3 aromatic carbocycles. The summed E-state index contributed by atoms with van der Waals surface area (Å²) in [4.78, 5) is 38.2. The number of hydrogen-bond donors (Lipinski definition) is 0. The number of benzene rings is 3. The predicted molar refractivity (Wildman–Crippen MR) is 127 cm³/mol. The third-order valence-electron chi connectivity index (χ3n) is 5.26. The van der Waals surface area contributed by atoms with E-state index >= 15 is 0 Å². The zero-order chi connectivity index (χ0) is 25.2. The molecule has 1 heterocycles. The first-order valence-corrected chi connectivity index (χ1v) is 12.2. The van der Waals surface area contributed by atoms with Gasteiger partial charge < -0.3 is 9.47 Å². The Hall–Kier alpha value is -4.24. The van der Waals surface area contributed by atoms with Gasteiger partial charge in [0.1, 0.15) is 17.0 Å². The topological polar surface area (TPSA) is 107 Å². The van der Waals surface area contributed by atoms with Gasteiger partial charge >= 0.3 is 11.9 Å². The third kappa shape index (κ3) is 4.45. The molecule has 9 heteroatoms. The zero-order valence-corrected chi connectivity index (χ0v) is 19.7. The van der Waals surface area contributed by atoms with Crippen LogP contribution in [0.1, 0.15) is 40.1 Å². The number of ether oxygens (including phenoxy) is 2. The van der Waals surface area contributed by atoms with Crippen LogP contribution in [0.2, 0.25) is 0 Å². The molecule has 0 saturated heterocycles. The smallest absolute Gasteiger partial charge is 0.347 e. The maximum atomic E-state index is 13.6. The number of para-hydroxylation sites is 1. The van der Waals surface area contributed by atoms with Crippen LogP contribution >= 0.6 is 0 Å². The molecule has 1 aliphatic rings. The fourth-order valence-electron chi connectivity index (χ4n) is 3.76. The standard InChI is InChI=1S/C26H21NO7S/c1-3-27-23(24(29)18-11-5-4-6-12-18)25(20-14-8-10-16-22(20)35(27,31)32)34-26(30)19-13-7-9-15-21(19)33-17(2)28/h4-16H,3H2,1-2H3. The van der Waals surface area contributed by atoms with Crippen LogP contribution in [-0.2, 0) is 19.6 Å². The molecule has 178 valence electrons. The lowest BCUT2D eigenvalue weighted by Gasteiger charge is -2.32. The highest BCUT2D eigenvalue weighted by Gasteiger charge is 2.41. The summed E-state index contributed by atoms with van der Waals surface area (Å²) < 4.78 is 38.6. The van der Waals surface area contributed by atoms with Gasteiger partial charge in [-0.1, -0.05) is 54.6 Å². The number of ketones is 1. The van der Waals surface area contributed by atoms with Crippen molar-refractivity contribution in [1.82, 2.24) is 4.31 Å². The summed E-state index contributed by atoms with van der Waals surface area (Å²) in [5.74, 6) is -2.39. The average Bonchev–Trinajstić information content (AvgIpc) is 2.85. The van der Waals surface area contributed by atoms with Gasteiger partial charge in [0.15, 0.2) is 5.76 Å². The zero-order valence-electron chi connectivity index (χ0n) is 18.9. The molecule has 1 aliphatic heterocycles. The maximum absolute atomic E-state index is 13.6. The first kappa shape index (κ1) is 23.9. The van der Waals surface area contributed by atoms with E-state index in [0.29, 0.717) is 0 Å². The van der Waals surface area contributed by atoms with Gasteiger partial charge in [0.25, 0.3) is 10.0 Å². The van der Waals surface area contributed by atoms with E-state index in [-0.39, 0.29) is 45.3 Å². The number of Topliss-reactive ketones (excluding diaryl/α,β-unsaturated/α-hetero) is 1. The first-order chi connectivity index (χ1) is 16.8. The number of sulfonamides is 1. The van der Waals surface area contributed by atoms with Crippen molar-refractivity contribution in [2.75, 3.05) is 6.54 Å². The number of fused-ring (bicyclic) bond motifs is 1. The minimum Gasteiger partial charge on any atom is -0.426 e. The van der Waals surface area contributed by atoms with Crippen molar-refractivity contribution in [3.05, 3.63) is 101 Å². The highest BCUT2D eigenvalue weighted by atomic mass is 32.2. The Labute approximate surface area is 202 Å². The van der Waals surface area contributed by atoms with Gasteiger partial charge in [-0.3, -0.25) is 13.9 Å². The van der Waals surface area contributed by atoms with Gasteiger partial charge in [0.05, 0.1) is 4.90 Å². The summed E-state index contributed by atoms with van der Waals surface area (Å²) in [6.07, 6.45) is 0. The number of nitrogens with zero attached hydrogens (tertiary/aromatic N) is 1. The average molecular weight is 492 g/mol. The minimum atomic E-state index is -4.10. The molecule has 0 aliphatic carbocycles. The highest BCUT2D eigenvalue weighted by molar-refractivity contribution is 7.89. The van der Waals surface area contributed by atoms with Gasteiger partial charge in [-0.05, 0) is 31.2 Å². The lowest BCUT2D eigenvalue weighted by Crippen LogP contribution is -2.38. The third-order valence-corrected chi connectivity index (χ3v) is 7.19.